The molecule has 0 fully saturated rings. The summed E-state index contributed by atoms with van der Waals surface area (Å²) in [5.41, 5.74) is 5.64. The van der Waals surface area contributed by atoms with E-state index in [-0.39, 0.29) is 29.9 Å². The molecule has 0 aliphatic heterocycles. The highest BCUT2D eigenvalue weighted by atomic mass is 127. The number of rotatable bonds is 6. The van der Waals surface area contributed by atoms with Crippen LogP contribution in [-0.2, 0) is 0 Å². The summed E-state index contributed by atoms with van der Waals surface area (Å²) < 4.78 is 4.96. The first kappa shape index (κ1) is 17.8. The Labute approximate surface area is 130 Å². The molecule has 1 aromatic heterocycles. The van der Waals surface area contributed by atoms with Crippen LogP contribution in [0.25, 0.3) is 0 Å². The number of aliphatic imine (C=N–C) groups is 1. The molecule has 0 aliphatic carbocycles. The van der Waals surface area contributed by atoms with Crippen LogP contribution in [0.5, 0.6) is 0 Å². The quantitative estimate of drug-likeness (QED) is 0.299. The molecule has 0 bridgehead atoms. The fourth-order valence-corrected chi connectivity index (χ4v) is 1.20. The molecule has 0 saturated heterocycles. The van der Waals surface area contributed by atoms with Gasteiger partial charge in [0.1, 0.15) is 0 Å². The highest BCUT2D eigenvalue weighted by Crippen LogP contribution is 1.98. The highest BCUT2D eigenvalue weighted by molar-refractivity contribution is 14.0. The molecule has 0 radical (unpaired) electrons. The first-order valence-corrected chi connectivity index (χ1v) is 5.95. The van der Waals surface area contributed by atoms with Gasteiger partial charge in [0.25, 0.3) is 5.91 Å². The predicted octanol–water partition coefficient (Wildman–Crippen LogP) is 1.19. The largest absolute Gasteiger partial charge is 0.459 e. The fourth-order valence-electron chi connectivity index (χ4n) is 1.20. The predicted molar refractivity (Wildman–Crippen MR) is 85.8 cm³/mol. The molecule has 0 saturated carbocycles. The number of guanidine groups is 1. The summed E-state index contributed by atoms with van der Waals surface area (Å²) in [4.78, 5) is 15.6. The van der Waals surface area contributed by atoms with E-state index < -0.39 is 0 Å². The second kappa shape index (κ2) is 9.65. The van der Waals surface area contributed by atoms with Gasteiger partial charge in [0, 0.05) is 19.6 Å². The molecule has 1 heterocycles. The van der Waals surface area contributed by atoms with E-state index in [1.165, 1.54) is 6.26 Å². The molecular formula is C12H21IN4O2. The van der Waals surface area contributed by atoms with Crippen LogP contribution in [0, 0.1) is 5.92 Å². The molecular weight excluding hydrogens is 359 g/mol. The zero-order valence-electron chi connectivity index (χ0n) is 11.2. The zero-order valence-corrected chi connectivity index (χ0v) is 13.5. The number of carbonyl (C=O) groups is 1. The Morgan fingerprint density at radius 3 is 2.68 bits per heavy atom. The zero-order chi connectivity index (χ0) is 13.4. The van der Waals surface area contributed by atoms with Gasteiger partial charge in [-0.1, -0.05) is 13.8 Å². The fraction of sp³-hybridized carbons (Fsp3) is 0.500. The van der Waals surface area contributed by atoms with Crippen LogP contribution < -0.4 is 16.4 Å². The number of furan rings is 1. The van der Waals surface area contributed by atoms with Crippen molar-refractivity contribution < 1.29 is 9.21 Å². The Kier molecular flexibility index (Phi) is 9.02. The molecule has 1 rings (SSSR count). The van der Waals surface area contributed by atoms with Crippen LogP contribution in [0.1, 0.15) is 24.4 Å². The molecule has 0 aliphatic rings. The summed E-state index contributed by atoms with van der Waals surface area (Å²) in [5.74, 6) is 0.941. The average molecular weight is 380 g/mol. The van der Waals surface area contributed by atoms with E-state index in [2.05, 4.69) is 29.5 Å². The van der Waals surface area contributed by atoms with Gasteiger partial charge < -0.3 is 20.8 Å². The smallest absolute Gasteiger partial charge is 0.287 e. The van der Waals surface area contributed by atoms with E-state index in [0.717, 1.165) is 0 Å². The molecule has 0 atom stereocenters. The molecule has 19 heavy (non-hydrogen) atoms. The minimum Gasteiger partial charge on any atom is -0.459 e. The van der Waals surface area contributed by atoms with Crippen molar-refractivity contribution in [3.05, 3.63) is 24.2 Å². The lowest BCUT2D eigenvalue weighted by atomic mass is 10.2. The summed E-state index contributed by atoms with van der Waals surface area (Å²) in [5, 5.41) is 5.62. The van der Waals surface area contributed by atoms with Crippen molar-refractivity contribution in [1.29, 1.82) is 0 Å². The third-order valence-corrected chi connectivity index (χ3v) is 2.09. The van der Waals surface area contributed by atoms with Crippen LogP contribution in [0.2, 0.25) is 0 Å². The molecule has 1 aromatic rings. The van der Waals surface area contributed by atoms with Gasteiger partial charge in [-0.25, -0.2) is 0 Å². The molecule has 7 heteroatoms. The van der Waals surface area contributed by atoms with Gasteiger partial charge >= 0.3 is 0 Å². The lowest BCUT2D eigenvalue weighted by Gasteiger charge is -2.07. The number of nitrogens with zero attached hydrogens (tertiary/aromatic N) is 1. The number of nitrogens with two attached hydrogens (primary N) is 1. The Balaban J connectivity index is 0.00000324. The molecule has 4 N–H and O–H groups in total. The van der Waals surface area contributed by atoms with Crippen LogP contribution in [0.3, 0.4) is 0 Å². The van der Waals surface area contributed by atoms with E-state index >= 15 is 0 Å². The van der Waals surface area contributed by atoms with Crippen LogP contribution >= 0.6 is 24.0 Å². The van der Waals surface area contributed by atoms with E-state index in [0.29, 0.717) is 37.3 Å². The van der Waals surface area contributed by atoms with Crippen LogP contribution in [-0.4, -0.2) is 31.5 Å². The van der Waals surface area contributed by atoms with Gasteiger partial charge in [-0.2, -0.15) is 0 Å². The Bertz CT molecular complexity index is 390. The number of halogens is 1. The Hall–Kier alpha value is -1.25. The average Bonchev–Trinajstić information content (AvgIpc) is 2.85. The number of carbonyl (C=O) groups excluding carboxylic acids is 1. The second-order valence-electron chi connectivity index (χ2n) is 4.28. The number of amides is 1. The van der Waals surface area contributed by atoms with Crippen molar-refractivity contribution in [1.82, 2.24) is 10.6 Å². The van der Waals surface area contributed by atoms with Crippen molar-refractivity contribution in [3.63, 3.8) is 0 Å². The van der Waals surface area contributed by atoms with Crippen molar-refractivity contribution in [2.75, 3.05) is 19.6 Å². The Morgan fingerprint density at radius 1 is 1.42 bits per heavy atom. The summed E-state index contributed by atoms with van der Waals surface area (Å²) in [6.07, 6.45) is 1.46. The molecule has 6 nitrogen and oxygen atoms in total. The summed E-state index contributed by atoms with van der Waals surface area (Å²) in [6, 6.07) is 3.28. The van der Waals surface area contributed by atoms with Crippen LogP contribution in [0.15, 0.2) is 27.8 Å². The molecule has 0 aromatic carbocycles. The summed E-state index contributed by atoms with van der Waals surface area (Å²) >= 11 is 0. The Morgan fingerprint density at radius 2 is 2.11 bits per heavy atom. The van der Waals surface area contributed by atoms with E-state index in [1.54, 1.807) is 12.1 Å². The minimum absolute atomic E-state index is 0. The molecule has 1 amide bonds. The maximum atomic E-state index is 11.5. The number of hydrogen-bond donors (Lipinski definition) is 3. The number of nitrogens with one attached hydrogen (secondary N) is 2. The van der Waals surface area contributed by atoms with E-state index in [1.807, 2.05) is 0 Å². The maximum absolute atomic E-state index is 11.5. The van der Waals surface area contributed by atoms with Gasteiger partial charge in [0.2, 0.25) is 0 Å². The standard InChI is InChI=1S/C12H20N4O2.HI/c1-9(2)8-16-12(13)15-6-5-14-11(17)10-4-3-7-18-10;/h3-4,7,9H,5-6,8H2,1-2H3,(H,14,17)(H3,13,15,16);1H. The lowest BCUT2D eigenvalue weighted by molar-refractivity contribution is 0.0926. The first-order chi connectivity index (χ1) is 8.59. The van der Waals surface area contributed by atoms with Gasteiger partial charge in [0.05, 0.1) is 6.26 Å². The lowest BCUT2D eigenvalue weighted by Crippen LogP contribution is -2.38. The second-order valence-corrected chi connectivity index (χ2v) is 4.28. The topological polar surface area (TPSA) is 92.6 Å². The van der Waals surface area contributed by atoms with Crippen molar-refractivity contribution >= 4 is 35.8 Å². The van der Waals surface area contributed by atoms with Gasteiger partial charge in [-0.15, -0.1) is 24.0 Å². The van der Waals surface area contributed by atoms with Gasteiger partial charge in [-0.3, -0.25) is 9.79 Å². The maximum Gasteiger partial charge on any atom is 0.287 e. The third kappa shape index (κ3) is 7.70. The normalized spacial score (nSPS) is 11.0. The first-order valence-electron chi connectivity index (χ1n) is 5.95. The van der Waals surface area contributed by atoms with E-state index in [9.17, 15) is 4.79 Å². The van der Waals surface area contributed by atoms with Gasteiger partial charge in [0.15, 0.2) is 11.7 Å². The summed E-state index contributed by atoms with van der Waals surface area (Å²) in [7, 11) is 0. The minimum atomic E-state index is -0.237. The monoisotopic (exact) mass is 380 g/mol. The molecule has 0 unspecified atom stereocenters. The third-order valence-electron chi connectivity index (χ3n) is 2.09. The number of hydrogen-bond acceptors (Lipinski definition) is 3. The SMILES string of the molecule is CC(C)CN=C(N)NCCNC(=O)c1ccco1.I. The van der Waals surface area contributed by atoms with Crippen molar-refractivity contribution in [3.8, 4) is 0 Å². The summed E-state index contributed by atoms with van der Waals surface area (Å²) in [6.45, 7) is 5.82. The highest BCUT2D eigenvalue weighted by Gasteiger charge is 2.06. The van der Waals surface area contributed by atoms with Crippen molar-refractivity contribution in [2.24, 2.45) is 16.6 Å². The van der Waals surface area contributed by atoms with E-state index in [4.69, 9.17) is 10.2 Å². The molecule has 0 spiro atoms. The molecule has 108 valence electrons. The van der Waals surface area contributed by atoms with Crippen molar-refractivity contribution in [2.45, 2.75) is 13.8 Å². The van der Waals surface area contributed by atoms with Gasteiger partial charge in [-0.05, 0) is 18.1 Å². The van der Waals surface area contributed by atoms with Crippen LogP contribution in [0.4, 0.5) is 0 Å².